The number of hydrogen-bond donors (Lipinski definition) is 0. The Morgan fingerprint density at radius 2 is 1.84 bits per heavy atom. The van der Waals surface area contributed by atoms with E-state index in [1.54, 1.807) is 7.11 Å². The highest BCUT2D eigenvalue weighted by Crippen LogP contribution is 2.56. The summed E-state index contributed by atoms with van der Waals surface area (Å²) in [5, 5.41) is 0. The Morgan fingerprint density at radius 1 is 1.10 bits per heavy atom. The summed E-state index contributed by atoms with van der Waals surface area (Å²) in [6.45, 7) is 10.3. The molecule has 1 aliphatic heterocycles. The number of carbonyl (C=O) groups is 1. The molecule has 2 saturated carbocycles. The summed E-state index contributed by atoms with van der Waals surface area (Å²) in [6.07, 6.45) is 15.0. The van der Waals surface area contributed by atoms with E-state index in [1.807, 2.05) is 6.92 Å². The van der Waals surface area contributed by atoms with Gasteiger partial charge in [-0.2, -0.15) is 0 Å². The monoisotopic (exact) mass is 440 g/mol. The average molecular weight is 441 g/mol. The third-order valence-electron chi connectivity index (χ3n) is 7.51. The zero-order valence-electron chi connectivity index (χ0n) is 20.9. The maximum absolute atomic E-state index is 11.4. The molecule has 0 radical (unpaired) electrons. The van der Waals surface area contributed by atoms with E-state index in [2.05, 4.69) is 20.8 Å². The molecule has 5 heteroatoms. The first-order chi connectivity index (χ1) is 14.8. The van der Waals surface area contributed by atoms with Crippen molar-refractivity contribution in [3.05, 3.63) is 0 Å². The Hall–Kier alpha value is -0.650. The van der Waals surface area contributed by atoms with Crippen LogP contribution in [-0.4, -0.2) is 44.3 Å². The van der Waals surface area contributed by atoms with Crippen LogP contribution in [0.15, 0.2) is 0 Å². The molecule has 31 heavy (non-hydrogen) atoms. The number of hydrogen-bond acceptors (Lipinski definition) is 5. The van der Waals surface area contributed by atoms with Gasteiger partial charge in [0.2, 0.25) is 0 Å². The molecule has 0 aromatic carbocycles. The third-order valence-corrected chi connectivity index (χ3v) is 7.51. The number of ether oxygens (including phenoxy) is 4. The van der Waals surface area contributed by atoms with Crippen LogP contribution in [0.5, 0.6) is 0 Å². The van der Waals surface area contributed by atoms with Crippen LogP contribution < -0.4 is 0 Å². The summed E-state index contributed by atoms with van der Waals surface area (Å²) < 4.78 is 22.2. The number of esters is 1. The lowest BCUT2D eigenvalue weighted by Crippen LogP contribution is -2.41. The van der Waals surface area contributed by atoms with Gasteiger partial charge in [-0.05, 0) is 83.5 Å². The quantitative estimate of drug-likeness (QED) is 0.387. The maximum Gasteiger partial charge on any atom is 0.305 e. The standard InChI is InChI=1S/C18H30O4.C8H18O/c1-2-20-16(19)6-3-5-15-7-10-17(13-15)8-4-9-18(14-17)21-11-12-22-18;1-5-6-7-8(2,3)9-4/h15H,2-14H2,1H3;5-7H2,1-4H3/t15-,17-;/m1./s1. The molecule has 182 valence electrons. The average Bonchev–Trinajstić information content (AvgIpc) is 3.34. The van der Waals surface area contributed by atoms with Crippen molar-refractivity contribution in [2.45, 2.75) is 123 Å². The Kier molecular flexibility index (Phi) is 10.8. The predicted octanol–water partition coefficient (Wildman–Crippen LogP) is 6.43. The Bertz CT molecular complexity index is 526. The largest absolute Gasteiger partial charge is 0.466 e. The molecule has 1 heterocycles. The van der Waals surface area contributed by atoms with Gasteiger partial charge in [0.1, 0.15) is 0 Å². The van der Waals surface area contributed by atoms with Gasteiger partial charge in [-0.1, -0.05) is 19.8 Å². The van der Waals surface area contributed by atoms with Crippen molar-refractivity contribution in [2.24, 2.45) is 11.3 Å². The van der Waals surface area contributed by atoms with Crippen LogP contribution in [0.3, 0.4) is 0 Å². The first-order valence-corrected chi connectivity index (χ1v) is 12.8. The molecule has 2 spiro atoms. The molecule has 3 rings (SSSR count). The van der Waals surface area contributed by atoms with Crippen molar-refractivity contribution < 1.29 is 23.7 Å². The normalized spacial score (nSPS) is 27.3. The van der Waals surface area contributed by atoms with Gasteiger partial charge in [-0.3, -0.25) is 4.79 Å². The molecule has 0 N–H and O–H groups in total. The highest BCUT2D eigenvalue weighted by Gasteiger charge is 2.50. The van der Waals surface area contributed by atoms with Crippen molar-refractivity contribution in [2.75, 3.05) is 26.9 Å². The molecule has 2 aliphatic carbocycles. The molecule has 0 aromatic heterocycles. The highest BCUT2D eigenvalue weighted by molar-refractivity contribution is 5.69. The molecule has 5 nitrogen and oxygen atoms in total. The van der Waals surface area contributed by atoms with Crippen LogP contribution in [0.25, 0.3) is 0 Å². The lowest BCUT2D eigenvalue weighted by molar-refractivity contribution is -0.201. The van der Waals surface area contributed by atoms with Gasteiger partial charge in [-0.25, -0.2) is 0 Å². The van der Waals surface area contributed by atoms with E-state index in [0.29, 0.717) is 18.4 Å². The Balaban J connectivity index is 0.000000323. The molecule has 0 unspecified atom stereocenters. The van der Waals surface area contributed by atoms with Gasteiger partial charge in [0, 0.05) is 26.4 Å². The van der Waals surface area contributed by atoms with Crippen molar-refractivity contribution >= 4 is 5.97 Å². The minimum absolute atomic E-state index is 0.0421. The number of methoxy groups -OCH3 is 1. The summed E-state index contributed by atoms with van der Waals surface area (Å²) in [5.74, 6) is 0.475. The van der Waals surface area contributed by atoms with E-state index < -0.39 is 0 Å². The summed E-state index contributed by atoms with van der Waals surface area (Å²) in [4.78, 5) is 11.4. The Labute approximate surface area is 190 Å². The molecule has 1 saturated heterocycles. The van der Waals surface area contributed by atoms with Crippen molar-refractivity contribution in [3.8, 4) is 0 Å². The van der Waals surface area contributed by atoms with E-state index in [4.69, 9.17) is 18.9 Å². The fraction of sp³-hybridized carbons (Fsp3) is 0.962. The number of unbranched alkanes of at least 4 members (excludes halogenated alkanes) is 1. The van der Waals surface area contributed by atoms with Gasteiger partial charge in [0.15, 0.2) is 5.79 Å². The SMILES string of the molecule is CCCCC(C)(C)OC.CCOC(=O)CCC[C@@H]1CC[C@]2(CCCC3(C2)OCCO3)C1. The van der Waals surface area contributed by atoms with E-state index in [0.717, 1.165) is 44.8 Å². The molecule has 0 amide bonds. The van der Waals surface area contributed by atoms with E-state index >= 15 is 0 Å². The zero-order chi connectivity index (χ0) is 22.8. The highest BCUT2D eigenvalue weighted by atomic mass is 16.7. The van der Waals surface area contributed by atoms with Crippen LogP contribution in [0, 0.1) is 11.3 Å². The van der Waals surface area contributed by atoms with Gasteiger partial charge in [0.25, 0.3) is 0 Å². The Morgan fingerprint density at radius 3 is 2.48 bits per heavy atom. The van der Waals surface area contributed by atoms with Gasteiger partial charge >= 0.3 is 5.97 Å². The second-order valence-electron chi connectivity index (χ2n) is 10.5. The van der Waals surface area contributed by atoms with Crippen LogP contribution >= 0.6 is 0 Å². The van der Waals surface area contributed by atoms with Crippen LogP contribution in [0.1, 0.15) is 111 Å². The summed E-state index contributed by atoms with van der Waals surface area (Å²) in [5.41, 5.74) is 0.535. The van der Waals surface area contributed by atoms with Crippen molar-refractivity contribution in [1.82, 2.24) is 0 Å². The molecule has 0 aromatic rings. The molecule has 3 fully saturated rings. The van der Waals surface area contributed by atoms with Crippen LogP contribution in [0.2, 0.25) is 0 Å². The summed E-state index contributed by atoms with van der Waals surface area (Å²) in [7, 11) is 1.77. The predicted molar refractivity (Wildman–Crippen MR) is 124 cm³/mol. The lowest BCUT2D eigenvalue weighted by atomic mass is 9.69. The fourth-order valence-electron chi connectivity index (χ4n) is 5.66. The van der Waals surface area contributed by atoms with Gasteiger partial charge in [-0.15, -0.1) is 0 Å². The van der Waals surface area contributed by atoms with Gasteiger partial charge in [0.05, 0.1) is 25.4 Å². The summed E-state index contributed by atoms with van der Waals surface area (Å²) in [6, 6.07) is 0. The first-order valence-electron chi connectivity index (χ1n) is 12.8. The molecular formula is C26H48O5. The number of rotatable bonds is 9. The van der Waals surface area contributed by atoms with E-state index in [-0.39, 0.29) is 17.4 Å². The van der Waals surface area contributed by atoms with E-state index in [9.17, 15) is 4.79 Å². The molecule has 3 aliphatic rings. The second-order valence-corrected chi connectivity index (χ2v) is 10.5. The smallest absolute Gasteiger partial charge is 0.305 e. The van der Waals surface area contributed by atoms with Gasteiger partial charge < -0.3 is 18.9 Å². The summed E-state index contributed by atoms with van der Waals surface area (Å²) >= 11 is 0. The molecular weight excluding hydrogens is 392 g/mol. The first kappa shape index (κ1) is 26.6. The topological polar surface area (TPSA) is 54.0 Å². The second kappa shape index (κ2) is 12.6. The molecule has 0 bridgehead atoms. The lowest BCUT2D eigenvalue weighted by Gasteiger charge is -2.43. The van der Waals surface area contributed by atoms with Crippen molar-refractivity contribution in [3.63, 3.8) is 0 Å². The van der Waals surface area contributed by atoms with Crippen molar-refractivity contribution in [1.29, 1.82) is 0 Å². The molecule has 2 atom stereocenters. The zero-order valence-corrected chi connectivity index (χ0v) is 20.9. The minimum Gasteiger partial charge on any atom is -0.466 e. The maximum atomic E-state index is 11.4. The van der Waals surface area contributed by atoms with Crippen LogP contribution in [0.4, 0.5) is 0 Å². The minimum atomic E-state index is -0.252. The van der Waals surface area contributed by atoms with E-state index in [1.165, 1.54) is 51.4 Å². The number of carbonyl (C=O) groups excluding carboxylic acids is 1. The fourth-order valence-corrected chi connectivity index (χ4v) is 5.66. The van der Waals surface area contributed by atoms with Crippen LogP contribution in [-0.2, 0) is 23.7 Å². The third kappa shape index (κ3) is 8.66.